The quantitative estimate of drug-likeness (QED) is 0.863. The number of nitrogens with zero attached hydrogens (tertiary/aromatic N) is 1. The second-order valence-electron chi connectivity index (χ2n) is 5.29. The Morgan fingerprint density at radius 1 is 1.45 bits per heavy atom. The summed E-state index contributed by atoms with van der Waals surface area (Å²) in [5.74, 6) is -1.54. The summed E-state index contributed by atoms with van der Waals surface area (Å²) in [5.41, 5.74) is -0.185. The van der Waals surface area contributed by atoms with Gasteiger partial charge in [-0.1, -0.05) is 19.9 Å². The van der Waals surface area contributed by atoms with Crippen LogP contribution in [0.3, 0.4) is 0 Å². The molecule has 5 nitrogen and oxygen atoms in total. The molecule has 0 aliphatic carbocycles. The monoisotopic (exact) mass is 274 g/mol. The number of carboxylic acids is 1. The zero-order valence-electron chi connectivity index (χ0n) is 11.8. The van der Waals surface area contributed by atoms with Crippen molar-refractivity contribution in [1.29, 1.82) is 5.26 Å². The lowest BCUT2D eigenvalue weighted by Crippen LogP contribution is -2.37. The third-order valence-electron chi connectivity index (χ3n) is 3.57. The second-order valence-corrected chi connectivity index (χ2v) is 5.29. The van der Waals surface area contributed by atoms with Crippen molar-refractivity contribution in [2.45, 2.75) is 27.2 Å². The first-order valence-corrected chi connectivity index (χ1v) is 6.33. The van der Waals surface area contributed by atoms with E-state index in [9.17, 15) is 14.7 Å². The molecular weight excluding hydrogens is 256 g/mol. The van der Waals surface area contributed by atoms with Crippen molar-refractivity contribution in [2.75, 3.05) is 5.32 Å². The third-order valence-corrected chi connectivity index (χ3v) is 3.57. The van der Waals surface area contributed by atoms with E-state index in [-0.39, 0.29) is 18.2 Å². The normalized spacial score (nSPS) is 13.3. The van der Waals surface area contributed by atoms with Gasteiger partial charge in [-0.3, -0.25) is 9.59 Å². The minimum Gasteiger partial charge on any atom is -0.481 e. The Balaban J connectivity index is 2.81. The highest BCUT2D eigenvalue weighted by atomic mass is 16.4. The van der Waals surface area contributed by atoms with Gasteiger partial charge in [0.25, 0.3) is 0 Å². The minimum atomic E-state index is -1.11. The van der Waals surface area contributed by atoms with Crippen LogP contribution in [0.2, 0.25) is 0 Å². The number of amides is 1. The van der Waals surface area contributed by atoms with Crippen LogP contribution < -0.4 is 5.32 Å². The number of carbonyl (C=O) groups excluding carboxylic acids is 1. The number of hydrogen-bond acceptors (Lipinski definition) is 3. The summed E-state index contributed by atoms with van der Waals surface area (Å²) in [5, 5.41) is 20.7. The molecule has 0 aromatic heterocycles. The molecule has 1 rings (SSSR count). The fraction of sp³-hybridized carbons (Fsp3) is 0.400. The Labute approximate surface area is 118 Å². The molecular formula is C15H18N2O3. The number of carboxylic acid groups (broad SMARTS) is 1. The molecule has 0 bridgehead atoms. The molecule has 20 heavy (non-hydrogen) atoms. The van der Waals surface area contributed by atoms with Crippen LogP contribution in [0.25, 0.3) is 0 Å². The van der Waals surface area contributed by atoms with Crippen molar-refractivity contribution in [2.24, 2.45) is 11.3 Å². The first-order chi connectivity index (χ1) is 9.29. The van der Waals surface area contributed by atoms with Gasteiger partial charge in [-0.2, -0.15) is 5.26 Å². The van der Waals surface area contributed by atoms with Gasteiger partial charge in [-0.05, 0) is 31.0 Å². The van der Waals surface area contributed by atoms with Gasteiger partial charge in [-0.15, -0.1) is 0 Å². The highest BCUT2D eigenvalue weighted by molar-refractivity contribution is 5.94. The Bertz CT molecular complexity index is 560. The summed E-state index contributed by atoms with van der Waals surface area (Å²) in [6.07, 6.45) is -0.114. The molecule has 1 atom stereocenters. The lowest BCUT2D eigenvalue weighted by atomic mass is 9.76. The van der Waals surface area contributed by atoms with Gasteiger partial charge < -0.3 is 10.4 Å². The summed E-state index contributed by atoms with van der Waals surface area (Å²) in [6.45, 7) is 5.11. The Kier molecular flexibility index (Phi) is 4.87. The smallest absolute Gasteiger partial charge is 0.310 e. The van der Waals surface area contributed by atoms with Crippen LogP contribution in [0.15, 0.2) is 24.3 Å². The molecule has 0 aliphatic rings. The van der Waals surface area contributed by atoms with Crippen LogP contribution in [-0.4, -0.2) is 17.0 Å². The zero-order valence-corrected chi connectivity index (χ0v) is 11.8. The molecule has 106 valence electrons. The summed E-state index contributed by atoms with van der Waals surface area (Å²) in [4.78, 5) is 23.3. The highest BCUT2D eigenvalue weighted by Gasteiger charge is 2.38. The molecule has 0 aliphatic heterocycles. The van der Waals surface area contributed by atoms with E-state index in [1.165, 1.54) is 0 Å². The predicted molar refractivity (Wildman–Crippen MR) is 75.0 cm³/mol. The zero-order chi connectivity index (χ0) is 15.3. The maximum Gasteiger partial charge on any atom is 0.310 e. The largest absolute Gasteiger partial charge is 0.481 e. The van der Waals surface area contributed by atoms with E-state index in [2.05, 4.69) is 5.32 Å². The average Bonchev–Trinajstić information content (AvgIpc) is 2.38. The number of carbonyl (C=O) groups is 2. The van der Waals surface area contributed by atoms with Gasteiger partial charge in [-0.25, -0.2) is 0 Å². The molecule has 1 unspecified atom stereocenters. The van der Waals surface area contributed by atoms with Crippen LogP contribution in [0, 0.1) is 22.7 Å². The van der Waals surface area contributed by atoms with Crippen LogP contribution in [0.1, 0.15) is 32.8 Å². The van der Waals surface area contributed by atoms with Gasteiger partial charge in [0.1, 0.15) is 0 Å². The molecule has 0 saturated carbocycles. The first kappa shape index (κ1) is 15.7. The number of hydrogen-bond donors (Lipinski definition) is 2. The number of benzene rings is 1. The van der Waals surface area contributed by atoms with E-state index < -0.39 is 11.4 Å². The van der Waals surface area contributed by atoms with E-state index >= 15 is 0 Å². The van der Waals surface area contributed by atoms with Crippen LogP contribution >= 0.6 is 0 Å². The summed E-state index contributed by atoms with van der Waals surface area (Å²) in [7, 11) is 0. The lowest BCUT2D eigenvalue weighted by Gasteiger charge is -2.28. The van der Waals surface area contributed by atoms with E-state index in [4.69, 9.17) is 5.26 Å². The minimum absolute atomic E-state index is 0.114. The van der Waals surface area contributed by atoms with E-state index in [0.717, 1.165) is 0 Å². The van der Waals surface area contributed by atoms with Crippen molar-refractivity contribution in [3.8, 4) is 6.07 Å². The van der Waals surface area contributed by atoms with E-state index in [1.807, 2.05) is 6.07 Å². The van der Waals surface area contributed by atoms with Crippen molar-refractivity contribution < 1.29 is 14.7 Å². The Hall–Kier alpha value is -2.35. The van der Waals surface area contributed by atoms with Crippen molar-refractivity contribution >= 4 is 17.6 Å². The molecule has 5 heteroatoms. The Morgan fingerprint density at radius 3 is 2.60 bits per heavy atom. The SMILES string of the molecule is CC(C)C(C)(CC(=O)Nc1cccc(C#N)c1)C(=O)O. The second kappa shape index (κ2) is 6.20. The van der Waals surface area contributed by atoms with Crippen molar-refractivity contribution in [1.82, 2.24) is 0 Å². The van der Waals surface area contributed by atoms with Gasteiger partial charge in [0.15, 0.2) is 0 Å². The maximum atomic E-state index is 12.0. The standard InChI is InChI=1S/C15H18N2O3/c1-10(2)15(3,14(19)20)8-13(18)17-12-6-4-5-11(7-12)9-16/h4-7,10H,8H2,1-3H3,(H,17,18)(H,19,20). The van der Waals surface area contributed by atoms with Crippen molar-refractivity contribution in [3.05, 3.63) is 29.8 Å². The Morgan fingerprint density at radius 2 is 2.10 bits per heavy atom. The van der Waals surface area contributed by atoms with E-state index in [1.54, 1.807) is 45.0 Å². The molecule has 0 heterocycles. The first-order valence-electron chi connectivity index (χ1n) is 6.33. The van der Waals surface area contributed by atoms with Gasteiger partial charge in [0, 0.05) is 12.1 Å². The van der Waals surface area contributed by atoms with E-state index in [0.29, 0.717) is 11.3 Å². The highest BCUT2D eigenvalue weighted by Crippen LogP contribution is 2.31. The van der Waals surface area contributed by atoms with Crippen LogP contribution in [0.5, 0.6) is 0 Å². The summed E-state index contributed by atoms with van der Waals surface area (Å²) >= 11 is 0. The fourth-order valence-electron chi connectivity index (χ4n) is 1.73. The maximum absolute atomic E-state index is 12.0. The number of aliphatic carboxylic acids is 1. The summed E-state index contributed by atoms with van der Waals surface area (Å²) < 4.78 is 0. The van der Waals surface area contributed by atoms with Crippen LogP contribution in [0.4, 0.5) is 5.69 Å². The average molecular weight is 274 g/mol. The molecule has 0 fully saturated rings. The number of anilines is 1. The molecule has 1 aromatic rings. The van der Waals surface area contributed by atoms with Gasteiger partial charge in [0.2, 0.25) is 5.91 Å². The topological polar surface area (TPSA) is 90.2 Å². The van der Waals surface area contributed by atoms with Gasteiger partial charge >= 0.3 is 5.97 Å². The lowest BCUT2D eigenvalue weighted by molar-refractivity contribution is -0.153. The summed E-state index contributed by atoms with van der Waals surface area (Å²) in [6, 6.07) is 8.48. The molecule has 0 spiro atoms. The van der Waals surface area contributed by atoms with Crippen LogP contribution in [-0.2, 0) is 9.59 Å². The third kappa shape index (κ3) is 3.58. The molecule has 1 aromatic carbocycles. The number of nitrogens with one attached hydrogen (secondary N) is 1. The molecule has 0 saturated heterocycles. The molecule has 0 radical (unpaired) electrons. The predicted octanol–water partition coefficient (Wildman–Crippen LogP) is 2.63. The number of nitriles is 1. The van der Waals surface area contributed by atoms with Gasteiger partial charge in [0.05, 0.1) is 17.0 Å². The molecule has 1 amide bonds. The molecule has 2 N–H and O–H groups in total. The fourth-order valence-corrected chi connectivity index (χ4v) is 1.73. The van der Waals surface area contributed by atoms with Crippen molar-refractivity contribution in [3.63, 3.8) is 0 Å². The number of rotatable bonds is 5.